The number of carbonyl (C=O) groups is 2. The predicted octanol–water partition coefficient (Wildman–Crippen LogP) is 3.73. The number of hydrogen-bond acceptors (Lipinski definition) is 4. The van der Waals surface area contributed by atoms with E-state index in [9.17, 15) is 9.59 Å². The van der Waals surface area contributed by atoms with Crippen molar-refractivity contribution in [1.82, 2.24) is 5.32 Å². The Morgan fingerprint density at radius 3 is 2.52 bits per heavy atom. The summed E-state index contributed by atoms with van der Waals surface area (Å²) in [4.78, 5) is 23.8. The maximum absolute atomic E-state index is 12.0. The van der Waals surface area contributed by atoms with Gasteiger partial charge < -0.3 is 14.8 Å². The number of carbonyl (C=O) groups excluding carboxylic acids is 2. The fourth-order valence-electron chi connectivity index (χ4n) is 1.93. The van der Waals surface area contributed by atoms with Gasteiger partial charge in [-0.15, -0.1) is 0 Å². The Bertz CT molecular complexity index is 736. The molecular weight excluding hydrogens is 410 g/mol. The molecular formula is C18H17BrClNO4. The van der Waals surface area contributed by atoms with Crippen molar-refractivity contribution >= 4 is 39.4 Å². The molecule has 0 aliphatic heterocycles. The molecule has 0 aromatic heterocycles. The molecule has 1 amide bonds. The molecule has 2 aromatic rings. The monoisotopic (exact) mass is 425 g/mol. The zero-order valence-corrected chi connectivity index (χ0v) is 15.8. The van der Waals surface area contributed by atoms with Gasteiger partial charge in [-0.25, -0.2) is 4.79 Å². The van der Waals surface area contributed by atoms with E-state index in [0.29, 0.717) is 10.8 Å². The molecule has 0 saturated carbocycles. The highest BCUT2D eigenvalue weighted by molar-refractivity contribution is 9.10. The van der Waals surface area contributed by atoms with Crippen LogP contribution < -0.4 is 10.1 Å². The van der Waals surface area contributed by atoms with Crippen LogP contribution in [0.15, 0.2) is 53.0 Å². The van der Waals surface area contributed by atoms with Gasteiger partial charge in [-0.2, -0.15) is 0 Å². The molecule has 25 heavy (non-hydrogen) atoms. The first kappa shape index (κ1) is 19.3. The largest absolute Gasteiger partial charge is 0.482 e. The van der Waals surface area contributed by atoms with Gasteiger partial charge in [0.2, 0.25) is 0 Å². The first-order valence-electron chi connectivity index (χ1n) is 7.54. The SMILES string of the molecule is CC(OC(=O)COc1ccc(Br)cc1)C(=O)NCc1ccccc1Cl. The highest BCUT2D eigenvalue weighted by atomic mass is 79.9. The van der Waals surface area contributed by atoms with E-state index in [1.807, 2.05) is 18.2 Å². The fourth-order valence-corrected chi connectivity index (χ4v) is 2.39. The number of rotatable bonds is 7. The summed E-state index contributed by atoms with van der Waals surface area (Å²) in [6.45, 7) is 1.49. The van der Waals surface area contributed by atoms with E-state index in [4.69, 9.17) is 21.1 Å². The molecule has 0 heterocycles. The van der Waals surface area contributed by atoms with Crippen molar-refractivity contribution in [2.75, 3.05) is 6.61 Å². The molecule has 0 aliphatic rings. The third-order valence-corrected chi connectivity index (χ3v) is 4.16. The van der Waals surface area contributed by atoms with Crippen LogP contribution >= 0.6 is 27.5 Å². The van der Waals surface area contributed by atoms with E-state index in [1.54, 1.807) is 30.3 Å². The second kappa shape index (κ2) is 9.44. The second-order valence-corrected chi connectivity index (χ2v) is 6.51. The van der Waals surface area contributed by atoms with Gasteiger partial charge in [0.15, 0.2) is 12.7 Å². The molecule has 0 aliphatic carbocycles. The highest BCUT2D eigenvalue weighted by Crippen LogP contribution is 2.16. The summed E-state index contributed by atoms with van der Waals surface area (Å²) in [5, 5.41) is 3.24. The number of amides is 1. The van der Waals surface area contributed by atoms with Gasteiger partial charge in [0.25, 0.3) is 5.91 Å². The van der Waals surface area contributed by atoms with Crippen molar-refractivity contribution in [3.63, 3.8) is 0 Å². The van der Waals surface area contributed by atoms with Crippen LogP contribution in [-0.4, -0.2) is 24.6 Å². The average Bonchev–Trinajstić information content (AvgIpc) is 2.60. The Kier molecular flexibility index (Phi) is 7.28. The van der Waals surface area contributed by atoms with Crippen molar-refractivity contribution in [3.05, 3.63) is 63.6 Å². The zero-order valence-electron chi connectivity index (χ0n) is 13.5. The lowest BCUT2D eigenvalue weighted by atomic mass is 10.2. The Morgan fingerprint density at radius 1 is 1.16 bits per heavy atom. The van der Waals surface area contributed by atoms with Gasteiger partial charge in [-0.3, -0.25) is 4.79 Å². The van der Waals surface area contributed by atoms with Crippen LogP contribution in [0.4, 0.5) is 0 Å². The second-order valence-electron chi connectivity index (χ2n) is 5.18. The number of esters is 1. The smallest absolute Gasteiger partial charge is 0.344 e. The standard InChI is InChI=1S/C18H17BrClNO4/c1-12(18(23)21-10-13-4-2-3-5-16(13)20)25-17(22)11-24-15-8-6-14(19)7-9-15/h2-9,12H,10-11H2,1H3,(H,21,23). The van der Waals surface area contributed by atoms with Crippen molar-refractivity contribution in [1.29, 1.82) is 0 Å². The van der Waals surface area contributed by atoms with Gasteiger partial charge in [0.1, 0.15) is 5.75 Å². The van der Waals surface area contributed by atoms with E-state index in [-0.39, 0.29) is 13.2 Å². The number of halogens is 2. The Labute approximate surface area is 159 Å². The van der Waals surface area contributed by atoms with Crippen LogP contribution in [0.2, 0.25) is 5.02 Å². The molecule has 7 heteroatoms. The molecule has 0 saturated heterocycles. The lowest BCUT2D eigenvalue weighted by molar-refractivity contribution is -0.156. The molecule has 1 N–H and O–H groups in total. The molecule has 5 nitrogen and oxygen atoms in total. The number of hydrogen-bond donors (Lipinski definition) is 1. The molecule has 132 valence electrons. The lowest BCUT2D eigenvalue weighted by Crippen LogP contribution is -2.36. The summed E-state index contributed by atoms with van der Waals surface area (Å²) in [6, 6.07) is 14.2. The lowest BCUT2D eigenvalue weighted by Gasteiger charge is -2.14. The molecule has 1 unspecified atom stereocenters. The van der Waals surface area contributed by atoms with Crippen LogP contribution in [0.25, 0.3) is 0 Å². The van der Waals surface area contributed by atoms with Gasteiger partial charge in [0, 0.05) is 16.0 Å². The van der Waals surface area contributed by atoms with E-state index in [2.05, 4.69) is 21.2 Å². The third kappa shape index (κ3) is 6.40. The number of ether oxygens (including phenoxy) is 2. The average molecular weight is 427 g/mol. The summed E-state index contributed by atoms with van der Waals surface area (Å²) in [6.07, 6.45) is -0.927. The van der Waals surface area contributed by atoms with Gasteiger partial charge in [-0.05, 0) is 42.8 Å². The van der Waals surface area contributed by atoms with Crippen molar-refractivity contribution < 1.29 is 19.1 Å². The van der Waals surface area contributed by atoms with Crippen LogP contribution in [0.3, 0.4) is 0 Å². The number of nitrogens with one attached hydrogen (secondary N) is 1. The van der Waals surface area contributed by atoms with Crippen LogP contribution in [0, 0.1) is 0 Å². The topological polar surface area (TPSA) is 64.6 Å². The van der Waals surface area contributed by atoms with Crippen LogP contribution in [0.5, 0.6) is 5.75 Å². The van der Waals surface area contributed by atoms with E-state index in [1.165, 1.54) is 6.92 Å². The summed E-state index contributed by atoms with van der Waals surface area (Å²) in [5.41, 5.74) is 0.787. The highest BCUT2D eigenvalue weighted by Gasteiger charge is 2.18. The minimum Gasteiger partial charge on any atom is -0.482 e. The van der Waals surface area contributed by atoms with Crippen molar-refractivity contribution in [3.8, 4) is 5.75 Å². The number of benzene rings is 2. The molecule has 2 aromatic carbocycles. The minimum absolute atomic E-state index is 0.260. The summed E-state index contributed by atoms with van der Waals surface area (Å²) < 4.78 is 11.3. The predicted molar refractivity (Wildman–Crippen MR) is 98.5 cm³/mol. The minimum atomic E-state index is -0.927. The third-order valence-electron chi connectivity index (χ3n) is 3.26. The van der Waals surface area contributed by atoms with Crippen molar-refractivity contribution in [2.24, 2.45) is 0 Å². The van der Waals surface area contributed by atoms with Gasteiger partial charge >= 0.3 is 5.97 Å². The molecule has 0 fully saturated rings. The molecule has 1 atom stereocenters. The van der Waals surface area contributed by atoms with Crippen LogP contribution in [0.1, 0.15) is 12.5 Å². The van der Waals surface area contributed by atoms with Gasteiger partial charge in [-0.1, -0.05) is 45.7 Å². The molecule has 2 rings (SSSR count). The zero-order chi connectivity index (χ0) is 18.2. The molecule has 0 radical (unpaired) electrons. The fraction of sp³-hybridized carbons (Fsp3) is 0.222. The van der Waals surface area contributed by atoms with Crippen LogP contribution in [-0.2, 0) is 20.9 Å². The summed E-state index contributed by atoms with van der Waals surface area (Å²) in [7, 11) is 0. The Hall–Kier alpha value is -2.05. The quantitative estimate of drug-likeness (QED) is 0.685. The van der Waals surface area contributed by atoms with Crippen molar-refractivity contribution in [2.45, 2.75) is 19.6 Å². The Morgan fingerprint density at radius 2 is 1.84 bits per heavy atom. The van der Waals surface area contributed by atoms with E-state index in [0.717, 1.165) is 10.0 Å². The van der Waals surface area contributed by atoms with Gasteiger partial charge in [0.05, 0.1) is 0 Å². The molecule has 0 bridgehead atoms. The summed E-state index contributed by atoms with van der Waals surface area (Å²) >= 11 is 9.33. The maximum atomic E-state index is 12.0. The summed E-state index contributed by atoms with van der Waals surface area (Å²) in [5.74, 6) is -0.490. The first-order chi connectivity index (χ1) is 12.0. The first-order valence-corrected chi connectivity index (χ1v) is 8.72. The normalized spacial score (nSPS) is 11.5. The van der Waals surface area contributed by atoms with E-state index >= 15 is 0 Å². The molecule has 0 spiro atoms. The maximum Gasteiger partial charge on any atom is 0.344 e. The Balaban J connectivity index is 1.75. The van der Waals surface area contributed by atoms with E-state index < -0.39 is 18.0 Å².